The molecule has 0 atom stereocenters. The smallest absolute Gasteiger partial charge is 0.232 e. The first-order chi connectivity index (χ1) is 9.07. The molecule has 3 nitrogen and oxygen atoms in total. The molecule has 1 N–H and O–H groups in total. The largest absolute Gasteiger partial charge is 0.477 e. The second-order valence-corrected chi connectivity index (χ2v) is 7.80. The van der Waals surface area contributed by atoms with Crippen molar-refractivity contribution in [3.05, 3.63) is 22.8 Å². The van der Waals surface area contributed by atoms with Crippen LogP contribution in [0.4, 0.5) is 0 Å². The van der Waals surface area contributed by atoms with Gasteiger partial charge >= 0.3 is 0 Å². The highest BCUT2D eigenvalue weighted by molar-refractivity contribution is 6.31. The van der Waals surface area contributed by atoms with Crippen molar-refractivity contribution in [2.75, 3.05) is 6.61 Å². The van der Waals surface area contributed by atoms with Crippen LogP contribution in [0.25, 0.3) is 0 Å². The van der Waals surface area contributed by atoms with Crippen LogP contribution in [0.2, 0.25) is 5.02 Å². The second-order valence-electron chi connectivity index (χ2n) is 7.39. The van der Waals surface area contributed by atoms with Gasteiger partial charge in [-0.3, -0.25) is 0 Å². The molecule has 0 amide bonds. The zero-order chi connectivity index (χ0) is 15.4. The lowest BCUT2D eigenvalue weighted by Crippen LogP contribution is -2.35. The molecule has 1 heterocycles. The Balaban J connectivity index is 2.55. The normalized spacial score (nSPS) is 12.6. The maximum Gasteiger partial charge on any atom is 0.232 e. The maximum atomic E-state index is 6.21. The third-order valence-electron chi connectivity index (χ3n) is 2.78. The monoisotopic (exact) mass is 298 g/mol. The first kappa shape index (κ1) is 17.3. The maximum absolute atomic E-state index is 6.21. The van der Waals surface area contributed by atoms with Crippen molar-refractivity contribution in [1.82, 2.24) is 10.3 Å². The number of pyridine rings is 1. The highest BCUT2D eigenvalue weighted by Gasteiger charge is 2.12. The van der Waals surface area contributed by atoms with E-state index in [1.165, 1.54) is 0 Å². The zero-order valence-electron chi connectivity index (χ0n) is 13.5. The highest BCUT2D eigenvalue weighted by atomic mass is 35.5. The van der Waals surface area contributed by atoms with Gasteiger partial charge in [0.25, 0.3) is 0 Å². The topological polar surface area (TPSA) is 34.1 Å². The fourth-order valence-corrected chi connectivity index (χ4v) is 1.73. The van der Waals surface area contributed by atoms with Gasteiger partial charge in [0.2, 0.25) is 5.88 Å². The summed E-state index contributed by atoms with van der Waals surface area (Å²) < 4.78 is 5.65. The standard InChI is InChI=1S/C16H27ClN2O/c1-15(2,3)7-8-20-14-13(17)9-12(10-18-14)11-19-16(4,5)6/h9-10,19H,7-8,11H2,1-6H3. The molecule has 0 aliphatic heterocycles. The lowest BCUT2D eigenvalue weighted by Gasteiger charge is -2.21. The van der Waals surface area contributed by atoms with Crippen LogP contribution in [0, 0.1) is 5.41 Å². The van der Waals surface area contributed by atoms with Crippen molar-refractivity contribution >= 4 is 11.6 Å². The molecule has 1 aromatic heterocycles. The SMILES string of the molecule is CC(C)(C)CCOc1ncc(CNC(C)(C)C)cc1Cl. The van der Waals surface area contributed by atoms with Crippen LogP contribution in [0.15, 0.2) is 12.3 Å². The second kappa shape index (κ2) is 6.77. The van der Waals surface area contributed by atoms with Gasteiger partial charge in [-0.25, -0.2) is 4.98 Å². The average molecular weight is 299 g/mol. The first-order valence-corrected chi connectivity index (χ1v) is 7.47. The Morgan fingerprint density at radius 1 is 1.20 bits per heavy atom. The summed E-state index contributed by atoms with van der Waals surface area (Å²) in [5.74, 6) is 0.524. The van der Waals surface area contributed by atoms with Crippen LogP contribution < -0.4 is 10.1 Å². The van der Waals surface area contributed by atoms with Crippen LogP contribution in [0.5, 0.6) is 5.88 Å². The summed E-state index contributed by atoms with van der Waals surface area (Å²) in [5, 5.41) is 3.98. The number of ether oxygens (including phenoxy) is 1. The molecule has 0 aliphatic carbocycles. The quantitative estimate of drug-likeness (QED) is 0.872. The molecule has 0 saturated heterocycles. The number of rotatable bonds is 5. The molecule has 20 heavy (non-hydrogen) atoms. The summed E-state index contributed by atoms with van der Waals surface area (Å²) in [6, 6.07) is 1.92. The van der Waals surface area contributed by atoms with E-state index in [9.17, 15) is 0 Å². The molecule has 0 aliphatic rings. The Morgan fingerprint density at radius 2 is 1.85 bits per heavy atom. The van der Waals surface area contributed by atoms with Crippen molar-refractivity contribution in [2.45, 2.75) is 60.0 Å². The Labute approximate surface area is 128 Å². The Hall–Kier alpha value is -0.800. The molecular formula is C16H27ClN2O. The molecule has 0 unspecified atom stereocenters. The van der Waals surface area contributed by atoms with E-state index in [4.69, 9.17) is 16.3 Å². The lowest BCUT2D eigenvalue weighted by molar-refractivity contribution is 0.236. The number of nitrogens with one attached hydrogen (secondary N) is 1. The first-order valence-electron chi connectivity index (χ1n) is 7.09. The third kappa shape index (κ3) is 7.11. The summed E-state index contributed by atoms with van der Waals surface area (Å²) in [4.78, 5) is 4.30. The van der Waals surface area contributed by atoms with E-state index >= 15 is 0 Å². The Bertz CT molecular complexity index is 433. The van der Waals surface area contributed by atoms with E-state index in [1.807, 2.05) is 12.3 Å². The molecule has 0 bridgehead atoms. The predicted molar refractivity (Wildman–Crippen MR) is 85.4 cm³/mol. The van der Waals surface area contributed by atoms with Crippen molar-refractivity contribution in [1.29, 1.82) is 0 Å². The minimum atomic E-state index is 0.0777. The van der Waals surface area contributed by atoms with Crippen molar-refractivity contribution in [3.8, 4) is 5.88 Å². The predicted octanol–water partition coefficient (Wildman–Crippen LogP) is 4.44. The van der Waals surface area contributed by atoms with Crippen molar-refractivity contribution in [3.63, 3.8) is 0 Å². The van der Waals surface area contributed by atoms with Gasteiger partial charge in [0.15, 0.2) is 0 Å². The summed E-state index contributed by atoms with van der Waals surface area (Å²) in [7, 11) is 0. The molecule has 114 valence electrons. The van der Waals surface area contributed by atoms with E-state index in [0.29, 0.717) is 17.5 Å². The minimum absolute atomic E-state index is 0.0777. The van der Waals surface area contributed by atoms with E-state index in [1.54, 1.807) is 0 Å². The summed E-state index contributed by atoms with van der Waals surface area (Å²) >= 11 is 6.21. The zero-order valence-corrected chi connectivity index (χ0v) is 14.3. The van der Waals surface area contributed by atoms with Gasteiger partial charge in [-0.05, 0) is 44.2 Å². The van der Waals surface area contributed by atoms with E-state index in [-0.39, 0.29) is 11.0 Å². The molecule has 1 rings (SSSR count). The summed E-state index contributed by atoms with van der Waals surface area (Å²) in [5.41, 5.74) is 1.39. The number of hydrogen-bond acceptors (Lipinski definition) is 3. The Kier molecular flexibility index (Phi) is 5.84. The Morgan fingerprint density at radius 3 is 2.35 bits per heavy atom. The summed E-state index contributed by atoms with van der Waals surface area (Å²) in [6.07, 6.45) is 2.79. The fraction of sp³-hybridized carbons (Fsp3) is 0.688. The fourth-order valence-electron chi connectivity index (χ4n) is 1.49. The average Bonchev–Trinajstić information content (AvgIpc) is 2.26. The number of halogens is 1. The van der Waals surface area contributed by atoms with Crippen molar-refractivity contribution < 1.29 is 4.74 Å². The van der Waals surface area contributed by atoms with Gasteiger partial charge in [-0.1, -0.05) is 32.4 Å². The van der Waals surface area contributed by atoms with E-state index in [0.717, 1.165) is 18.5 Å². The number of nitrogens with zero attached hydrogens (tertiary/aromatic N) is 1. The number of hydrogen-bond donors (Lipinski definition) is 1. The lowest BCUT2D eigenvalue weighted by atomic mass is 9.93. The minimum Gasteiger partial charge on any atom is -0.477 e. The van der Waals surface area contributed by atoms with Gasteiger partial charge in [0.1, 0.15) is 5.02 Å². The van der Waals surface area contributed by atoms with E-state index in [2.05, 4.69) is 51.8 Å². The number of aromatic nitrogens is 1. The van der Waals surface area contributed by atoms with Crippen LogP contribution in [-0.4, -0.2) is 17.1 Å². The van der Waals surface area contributed by atoms with Crippen LogP contribution in [-0.2, 0) is 6.54 Å². The molecule has 1 aromatic rings. The van der Waals surface area contributed by atoms with Gasteiger partial charge in [0.05, 0.1) is 6.61 Å². The van der Waals surface area contributed by atoms with Gasteiger partial charge in [-0.2, -0.15) is 0 Å². The van der Waals surface area contributed by atoms with E-state index < -0.39 is 0 Å². The van der Waals surface area contributed by atoms with Gasteiger partial charge in [-0.15, -0.1) is 0 Å². The molecular weight excluding hydrogens is 272 g/mol. The molecule has 0 saturated carbocycles. The van der Waals surface area contributed by atoms with Crippen LogP contribution >= 0.6 is 11.6 Å². The summed E-state index contributed by atoms with van der Waals surface area (Å²) in [6.45, 7) is 14.3. The molecule has 0 aromatic carbocycles. The molecule has 4 heteroatoms. The molecule has 0 spiro atoms. The molecule has 0 fully saturated rings. The van der Waals surface area contributed by atoms with Crippen LogP contribution in [0.3, 0.4) is 0 Å². The third-order valence-corrected chi connectivity index (χ3v) is 3.05. The highest BCUT2D eigenvalue weighted by Crippen LogP contribution is 2.24. The molecule has 0 radical (unpaired) electrons. The van der Waals surface area contributed by atoms with Crippen molar-refractivity contribution in [2.24, 2.45) is 5.41 Å². The van der Waals surface area contributed by atoms with Gasteiger partial charge < -0.3 is 10.1 Å². The van der Waals surface area contributed by atoms with Gasteiger partial charge in [0, 0.05) is 18.3 Å². The van der Waals surface area contributed by atoms with Crippen LogP contribution in [0.1, 0.15) is 53.5 Å².